The van der Waals surface area contributed by atoms with Crippen LogP contribution in [0.4, 0.5) is 0 Å². The number of ketones is 2. The van der Waals surface area contributed by atoms with Crippen molar-refractivity contribution in [1.82, 2.24) is 0 Å². The monoisotopic (exact) mass is 503 g/mol. The summed E-state index contributed by atoms with van der Waals surface area (Å²) in [5.41, 5.74) is 3.61. The number of fused-ring (bicyclic) bond motifs is 1. The van der Waals surface area contributed by atoms with Crippen LogP contribution in [0.25, 0.3) is 0 Å². The molecule has 2 atom stereocenters. The summed E-state index contributed by atoms with van der Waals surface area (Å²) in [6, 6.07) is 5.45. The average Bonchev–Trinajstić information content (AvgIpc) is 3.35. The molecular weight excluding hydrogens is 477 g/mol. The van der Waals surface area contributed by atoms with Crippen molar-refractivity contribution in [3.8, 4) is 0 Å². The summed E-state index contributed by atoms with van der Waals surface area (Å²) >= 11 is 14.0. The first-order valence-corrected chi connectivity index (χ1v) is 13.3. The highest BCUT2D eigenvalue weighted by Crippen LogP contribution is 2.43. The van der Waals surface area contributed by atoms with E-state index in [4.69, 9.17) is 28.0 Å². The molecule has 1 fully saturated rings. The summed E-state index contributed by atoms with van der Waals surface area (Å²) in [7, 11) is 0. The second-order valence-corrected chi connectivity index (χ2v) is 11.6. The van der Waals surface area contributed by atoms with Crippen LogP contribution < -0.4 is 0 Å². The van der Waals surface area contributed by atoms with Crippen molar-refractivity contribution in [1.29, 1.82) is 0 Å². The van der Waals surface area contributed by atoms with Gasteiger partial charge in [-0.3, -0.25) is 9.59 Å². The first kappa shape index (κ1) is 23.1. The quantitative estimate of drug-likeness (QED) is 0.402. The van der Waals surface area contributed by atoms with E-state index in [1.54, 1.807) is 17.4 Å². The van der Waals surface area contributed by atoms with Gasteiger partial charge in [0.15, 0.2) is 11.4 Å². The fraction of sp³-hybridized carbons (Fsp3) is 0.500. The minimum atomic E-state index is -0.651. The normalized spacial score (nSPS) is 24.9. The van der Waals surface area contributed by atoms with Crippen molar-refractivity contribution in [2.24, 2.45) is 11.1 Å². The average molecular weight is 504 g/mol. The molecule has 1 saturated carbocycles. The molecule has 2 aliphatic carbocycles. The Kier molecular flexibility index (Phi) is 6.41. The van der Waals surface area contributed by atoms with E-state index in [1.807, 2.05) is 19.1 Å². The Morgan fingerprint density at radius 1 is 1.12 bits per heavy atom. The molecule has 2 unspecified atom stereocenters. The number of carbonyl (C=O) groups is 2. The first-order chi connectivity index (χ1) is 15.8. The van der Waals surface area contributed by atoms with Gasteiger partial charge < -0.3 is 4.84 Å². The lowest BCUT2D eigenvalue weighted by atomic mass is 9.83. The topological polar surface area (TPSA) is 55.7 Å². The molecule has 1 aromatic heterocycles. The van der Waals surface area contributed by atoms with Gasteiger partial charge in [-0.1, -0.05) is 28.4 Å². The number of halogens is 2. The maximum atomic E-state index is 13.3. The number of hydrogen-bond donors (Lipinski definition) is 0. The minimum absolute atomic E-state index is 0.187. The van der Waals surface area contributed by atoms with E-state index in [9.17, 15) is 9.59 Å². The van der Waals surface area contributed by atoms with E-state index in [1.165, 1.54) is 11.1 Å². The van der Waals surface area contributed by atoms with Crippen LogP contribution in [0.5, 0.6) is 0 Å². The van der Waals surface area contributed by atoms with Crippen LogP contribution in [-0.2, 0) is 28.1 Å². The molecule has 33 heavy (non-hydrogen) atoms. The third kappa shape index (κ3) is 4.65. The smallest absolute Gasteiger partial charge is 0.173 e. The maximum Gasteiger partial charge on any atom is 0.173 e. The standard InChI is InChI=1S/C26H27Cl2NO3S/c1-26(16-11-17(27)13-18(28)12-16)14-22(29-32-26)24-20-7-2-3-8-21(20)25(33-24)23(31)10-15-5-4-6-19(30)9-15/h11-13,15H,2-10,14H2,1H3. The van der Waals surface area contributed by atoms with Gasteiger partial charge in [0.05, 0.1) is 9.75 Å². The Hall–Kier alpha value is -1.69. The van der Waals surface area contributed by atoms with Crippen LogP contribution >= 0.6 is 34.5 Å². The molecule has 174 valence electrons. The Morgan fingerprint density at radius 2 is 1.85 bits per heavy atom. The summed E-state index contributed by atoms with van der Waals surface area (Å²) in [4.78, 5) is 33.1. The SMILES string of the molecule is CC1(c2cc(Cl)cc(Cl)c2)CC(c2sc(C(=O)CC3CCCC(=O)C3)c3c2CCCC3)=NO1. The van der Waals surface area contributed by atoms with Crippen LogP contribution in [0.2, 0.25) is 10.0 Å². The fourth-order valence-electron chi connectivity index (χ4n) is 5.41. The number of Topliss-reactive ketones (excluding diaryl/α,β-unsaturated/α-hetero) is 2. The summed E-state index contributed by atoms with van der Waals surface area (Å²) in [5, 5.41) is 5.62. The van der Waals surface area contributed by atoms with Crippen molar-refractivity contribution in [2.75, 3.05) is 0 Å². The Morgan fingerprint density at radius 3 is 2.58 bits per heavy atom. The molecule has 5 rings (SSSR count). The second-order valence-electron chi connectivity index (χ2n) is 9.75. The predicted molar refractivity (Wildman–Crippen MR) is 133 cm³/mol. The van der Waals surface area contributed by atoms with E-state index in [0.29, 0.717) is 41.5 Å². The number of rotatable bonds is 5. The lowest BCUT2D eigenvalue weighted by Crippen LogP contribution is -2.22. The third-order valence-electron chi connectivity index (χ3n) is 7.13. The molecule has 2 aromatic rings. The number of oxime groups is 1. The van der Waals surface area contributed by atoms with Crippen molar-refractivity contribution in [2.45, 2.75) is 76.7 Å². The van der Waals surface area contributed by atoms with Gasteiger partial charge in [0.2, 0.25) is 0 Å². The second kappa shape index (κ2) is 9.16. The first-order valence-electron chi connectivity index (χ1n) is 11.7. The number of hydrogen-bond acceptors (Lipinski definition) is 5. The fourth-order valence-corrected chi connectivity index (χ4v) is 7.26. The molecule has 3 aliphatic rings. The Balaban J connectivity index is 1.41. The third-order valence-corrected chi connectivity index (χ3v) is 8.93. The highest BCUT2D eigenvalue weighted by atomic mass is 35.5. The Labute approximate surface area is 208 Å². The zero-order valence-electron chi connectivity index (χ0n) is 18.7. The highest BCUT2D eigenvalue weighted by Gasteiger charge is 2.39. The molecule has 0 radical (unpaired) electrons. The van der Waals surface area contributed by atoms with Crippen LogP contribution in [-0.4, -0.2) is 17.3 Å². The van der Waals surface area contributed by atoms with Gasteiger partial charge in [-0.2, -0.15) is 0 Å². The van der Waals surface area contributed by atoms with E-state index >= 15 is 0 Å². The molecule has 1 aromatic carbocycles. The zero-order chi connectivity index (χ0) is 23.2. The van der Waals surface area contributed by atoms with Gasteiger partial charge in [-0.05, 0) is 80.7 Å². The van der Waals surface area contributed by atoms with Crippen molar-refractivity contribution < 1.29 is 14.4 Å². The summed E-state index contributed by atoms with van der Waals surface area (Å²) in [5.74, 6) is 0.672. The molecule has 0 spiro atoms. The molecule has 1 aliphatic heterocycles. The van der Waals surface area contributed by atoms with E-state index in [2.05, 4.69) is 5.16 Å². The Bertz CT molecular complexity index is 1130. The van der Waals surface area contributed by atoms with E-state index in [-0.39, 0.29) is 11.7 Å². The summed E-state index contributed by atoms with van der Waals surface area (Å²) < 4.78 is 0. The lowest BCUT2D eigenvalue weighted by molar-refractivity contribution is -0.121. The minimum Gasteiger partial charge on any atom is -0.384 e. The van der Waals surface area contributed by atoms with Gasteiger partial charge in [-0.25, -0.2) is 0 Å². The molecule has 0 saturated heterocycles. The molecule has 4 nitrogen and oxygen atoms in total. The lowest BCUT2D eigenvalue weighted by Gasteiger charge is -2.22. The summed E-state index contributed by atoms with van der Waals surface area (Å²) in [6.45, 7) is 2.00. The van der Waals surface area contributed by atoms with E-state index in [0.717, 1.165) is 59.6 Å². The van der Waals surface area contributed by atoms with Gasteiger partial charge in [0.1, 0.15) is 11.5 Å². The van der Waals surface area contributed by atoms with Gasteiger partial charge >= 0.3 is 0 Å². The molecule has 2 heterocycles. The number of nitrogens with zero attached hydrogens (tertiary/aromatic N) is 1. The van der Waals surface area contributed by atoms with Crippen LogP contribution in [0.1, 0.15) is 89.5 Å². The number of benzene rings is 1. The van der Waals surface area contributed by atoms with Gasteiger partial charge in [-0.15, -0.1) is 11.3 Å². The van der Waals surface area contributed by atoms with Crippen LogP contribution in [0.3, 0.4) is 0 Å². The van der Waals surface area contributed by atoms with Crippen LogP contribution in [0, 0.1) is 5.92 Å². The van der Waals surface area contributed by atoms with Crippen LogP contribution in [0.15, 0.2) is 23.4 Å². The molecule has 0 N–H and O–H groups in total. The number of thiophene rings is 1. The van der Waals surface area contributed by atoms with Gasteiger partial charge in [0.25, 0.3) is 0 Å². The van der Waals surface area contributed by atoms with Crippen molar-refractivity contribution >= 4 is 51.8 Å². The molecule has 0 amide bonds. The predicted octanol–water partition coefficient (Wildman–Crippen LogP) is 7.31. The maximum absolute atomic E-state index is 13.3. The number of carbonyl (C=O) groups excluding carboxylic acids is 2. The highest BCUT2D eigenvalue weighted by molar-refractivity contribution is 7.16. The summed E-state index contributed by atoms with van der Waals surface area (Å²) in [6.07, 6.45) is 8.29. The zero-order valence-corrected chi connectivity index (χ0v) is 21.0. The molecular formula is C26H27Cl2NO3S. The van der Waals surface area contributed by atoms with Crippen molar-refractivity contribution in [3.05, 3.63) is 54.7 Å². The molecule has 0 bridgehead atoms. The largest absolute Gasteiger partial charge is 0.384 e. The van der Waals surface area contributed by atoms with Crippen molar-refractivity contribution in [3.63, 3.8) is 0 Å². The molecule has 7 heteroatoms. The van der Waals surface area contributed by atoms with E-state index < -0.39 is 5.60 Å². The van der Waals surface area contributed by atoms with Gasteiger partial charge in [0, 0.05) is 41.3 Å².